The van der Waals surface area contributed by atoms with E-state index in [4.69, 9.17) is 14.5 Å². The molecule has 5 rings (SSSR count). The highest BCUT2D eigenvalue weighted by atomic mass is 17.2. The first kappa shape index (κ1) is 25.1. The van der Waals surface area contributed by atoms with Crippen molar-refractivity contribution in [2.45, 2.75) is 141 Å². The molecule has 4 heteroatoms. The van der Waals surface area contributed by atoms with Crippen molar-refractivity contribution in [2.75, 3.05) is 0 Å². The third-order valence-electron chi connectivity index (χ3n) is 8.59. The molecule has 33 heavy (non-hydrogen) atoms. The third kappa shape index (κ3) is 5.96. The molecular weight excluding hydrogens is 412 g/mol. The zero-order chi connectivity index (χ0) is 23.7. The van der Waals surface area contributed by atoms with E-state index in [2.05, 4.69) is 18.8 Å². The van der Waals surface area contributed by atoms with Crippen molar-refractivity contribution in [3.8, 4) is 11.8 Å². The largest absolute Gasteiger partial charge is 0.445 e. The van der Waals surface area contributed by atoms with Gasteiger partial charge in [0.25, 0.3) is 0 Å². The highest BCUT2D eigenvalue weighted by Crippen LogP contribution is 2.60. The Hall–Kier alpha value is -1.05. The number of hydrogen-bond donors (Lipinski definition) is 0. The molecule has 0 aromatic heterocycles. The quantitative estimate of drug-likeness (QED) is 0.134. The van der Waals surface area contributed by atoms with E-state index in [1.165, 1.54) is 32.1 Å². The van der Waals surface area contributed by atoms with Crippen LogP contribution < -0.4 is 0 Å². The minimum atomic E-state index is -0.766. The van der Waals surface area contributed by atoms with Gasteiger partial charge in [0.15, 0.2) is 11.2 Å². The second-order valence-corrected chi connectivity index (χ2v) is 12.9. The summed E-state index contributed by atoms with van der Waals surface area (Å²) in [4.78, 5) is 25.4. The summed E-state index contributed by atoms with van der Waals surface area (Å²) < 4.78 is 6.51. The van der Waals surface area contributed by atoms with Crippen LogP contribution in [0.4, 0.5) is 0 Å². The van der Waals surface area contributed by atoms with E-state index in [9.17, 15) is 4.79 Å². The Labute approximate surface area is 201 Å². The predicted octanol–water partition coefficient (Wildman–Crippen LogP) is 7.15. The lowest BCUT2D eigenvalue weighted by molar-refractivity contribution is -0.389. The van der Waals surface area contributed by atoms with Gasteiger partial charge >= 0.3 is 5.97 Å². The summed E-state index contributed by atoms with van der Waals surface area (Å²) in [7, 11) is 0. The molecule has 4 bridgehead atoms. The first-order valence-corrected chi connectivity index (χ1v) is 13.7. The van der Waals surface area contributed by atoms with Gasteiger partial charge in [0, 0.05) is 0 Å². The number of esters is 1. The van der Waals surface area contributed by atoms with Crippen LogP contribution in [-0.2, 0) is 19.3 Å². The number of carbonyl (C=O) groups excluding carboxylic acids is 1. The maximum Gasteiger partial charge on any atom is 0.313 e. The normalized spacial score (nSPS) is 33.2. The Morgan fingerprint density at radius 2 is 1.42 bits per heavy atom. The Bertz CT molecular complexity index is 725. The molecule has 4 nitrogen and oxygen atoms in total. The summed E-state index contributed by atoms with van der Waals surface area (Å²) in [6.45, 7) is 10.1. The fourth-order valence-corrected chi connectivity index (χ4v) is 7.34. The molecule has 0 aliphatic heterocycles. The minimum absolute atomic E-state index is 0.0526. The lowest BCUT2D eigenvalue weighted by atomic mass is 9.49. The Kier molecular flexibility index (Phi) is 7.24. The zero-order valence-electron chi connectivity index (χ0n) is 21.8. The van der Waals surface area contributed by atoms with Gasteiger partial charge in [-0.05, 0) is 116 Å². The fourth-order valence-electron chi connectivity index (χ4n) is 7.34. The SMILES string of the molecule is CCCC(C)(C)OOC(C)(C)C#CC1(OC(=O)C23CC4CC(CC(C4)C2)C3)CCCCCC1. The van der Waals surface area contributed by atoms with Crippen LogP contribution in [0.1, 0.15) is 125 Å². The second kappa shape index (κ2) is 9.54. The number of hydrogen-bond acceptors (Lipinski definition) is 4. The van der Waals surface area contributed by atoms with Crippen LogP contribution in [0.3, 0.4) is 0 Å². The number of carbonyl (C=O) groups is 1. The molecule has 5 aliphatic rings. The van der Waals surface area contributed by atoms with Crippen molar-refractivity contribution in [1.82, 2.24) is 0 Å². The Balaban J connectivity index is 1.49. The molecule has 0 atom stereocenters. The average Bonchev–Trinajstić information content (AvgIpc) is 2.96. The molecule has 0 aromatic carbocycles. The molecule has 186 valence electrons. The van der Waals surface area contributed by atoms with E-state index in [0.717, 1.165) is 75.5 Å². The van der Waals surface area contributed by atoms with Gasteiger partial charge in [0.1, 0.15) is 0 Å². The van der Waals surface area contributed by atoms with Crippen LogP contribution in [0.25, 0.3) is 0 Å². The van der Waals surface area contributed by atoms with Crippen molar-refractivity contribution in [1.29, 1.82) is 0 Å². The van der Waals surface area contributed by atoms with Crippen molar-refractivity contribution in [2.24, 2.45) is 23.2 Å². The van der Waals surface area contributed by atoms with E-state index in [1.807, 2.05) is 27.7 Å². The lowest BCUT2D eigenvalue weighted by Gasteiger charge is -2.55. The number of rotatable bonds is 7. The number of ether oxygens (including phenoxy) is 1. The minimum Gasteiger partial charge on any atom is -0.445 e. The molecule has 5 fully saturated rings. The third-order valence-corrected chi connectivity index (χ3v) is 8.59. The van der Waals surface area contributed by atoms with Gasteiger partial charge in [0.2, 0.25) is 0 Å². The van der Waals surface area contributed by atoms with E-state index >= 15 is 0 Å². The second-order valence-electron chi connectivity index (χ2n) is 12.9. The first-order valence-electron chi connectivity index (χ1n) is 13.7. The Morgan fingerprint density at radius 3 is 1.94 bits per heavy atom. The smallest absolute Gasteiger partial charge is 0.313 e. The maximum absolute atomic E-state index is 13.8. The molecule has 0 heterocycles. The molecule has 5 saturated carbocycles. The molecule has 0 N–H and O–H groups in total. The van der Waals surface area contributed by atoms with Gasteiger partial charge in [0.05, 0.1) is 11.0 Å². The van der Waals surface area contributed by atoms with Gasteiger partial charge in [-0.15, -0.1) is 0 Å². The van der Waals surface area contributed by atoms with Crippen molar-refractivity contribution in [3.05, 3.63) is 0 Å². The monoisotopic (exact) mass is 458 g/mol. The summed E-state index contributed by atoms with van der Waals surface area (Å²) in [6.07, 6.45) is 15.2. The van der Waals surface area contributed by atoms with Crippen molar-refractivity contribution in [3.63, 3.8) is 0 Å². The molecule has 0 spiro atoms. The van der Waals surface area contributed by atoms with Crippen LogP contribution in [0.5, 0.6) is 0 Å². The summed E-state index contributed by atoms with van der Waals surface area (Å²) >= 11 is 0. The summed E-state index contributed by atoms with van der Waals surface area (Å²) in [6, 6.07) is 0. The molecule has 0 aromatic rings. The van der Waals surface area contributed by atoms with Crippen LogP contribution in [0.2, 0.25) is 0 Å². The predicted molar refractivity (Wildman–Crippen MR) is 130 cm³/mol. The summed E-state index contributed by atoms with van der Waals surface area (Å²) in [5.41, 5.74) is -2.04. The summed E-state index contributed by atoms with van der Waals surface area (Å²) in [5.74, 6) is 9.01. The van der Waals surface area contributed by atoms with Crippen LogP contribution in [0, 0.1) is 35.0 Å². The van der Waals surface area contributed by atoms with Gasteiger partial charge in [-0.2, -0.15) is 0 Å². The standard InChI is InChI=1S/C29H46O4/c1-6-11-26(2,3)32-33-27(4,5)14-15-29(12-9-7-8-10-13-29)31-25(30)28-19-22-16-23(20-28)18-24(17-22)21-28/h22-24H,6-13,16-21H2,1-5H3. The lowest BCUT2D eigenvalue weighted by Crippen LogP contribution is -2.52. The molecule has 0 saturated heterocycles. The first-order chi connectivity index (χ1) is 15.5. The van der Waals surface area contributed by atoms with E-state index in [0.29, 0.717) is 0 Å². The van der Waals surface area contributed by atoms with Crippen molar-refractivity contribution >= 4 is 5.97 Å². The average molecular weight is 459 g/mol. The molecule has 0 unspecified atom stereocenters. The molecule has 0 amide bonds. The molecule has 0 radical (unpaired) electrons. The van der Waals surface area contributed by atoms with Gasteiger partial charge in [-0.25, -0.2) is 9.78 Å². The van der Waals surface area contributed by atoms with E-state index in [1.54, 1.807) is 0 Å². The zero-order valence-corrected chi connectivity index (χ0v) is 21.8. The highest BCUT2D eigenvalue weighted by molar-refractivity contribution is 5.78. The Morgan fingerprint density at radius 1 is 0.879 bits per heavy atom. The van der Waals surface area contributed by atoms with Crippen molar-refractivity contribution < 1.29 is 19.3 Å². The van der Waals surface area contributed by atoms with Crippen LogP contribution >= 0.6 is 0 Å². The van der Waals surface area contributed by atoms with Crippen LogP contribution in [-0.4, -0.2) is 22.8 Å². The van der Waals surface area contributed by atoms with Crippen LogP contribution in [0.15, 0.2) is 0 Å². The molecular formula is C29H46O4. The summed E-state index contributed by atoms with van der Waals surface area (Å²) in [5, 5.41) is 0. The molecule has 5 aliphatic carbocycles. The van der Waals surface area contributed by atoms with E-state index in [-0.39, 0.29) is 17.0 Å². The van der Waals surface area contributed by atoms with Gasteiger partial charge in [-0.1, -0.05) is 38.0 Å². The van der Waals surface area contributed by atoms with Gasteiger partial charge < -0.3 is 4.74 Å². The highest BCUT2D eigenvalue weighted by Gasteiger charge is 2.56. The van der Waals surface area contributed by atoms with Gasteiger partial charge in [-0.3, -0.25) is 4.79 Å². The topological polar surface area (TPSA) is 44.8 Å². The maximum atomic E-state index is 13.8. The van der Waals surface area contributed by atoms with E-state index < -0.39 is 11.2 Å². The fraction of sp³-hybridized carbons (Fsp3) is 0.897.